The van der Waals surface area contributed by atoms with Crippen molar-refractivity contribution in [3.63, 3.8) is 0 Å². The molecule has 21 heavy (non-hydrogen) atoms. The van der Waals surface area contributed by atoms with Gasteiger partial charge in [0.1, 0.15) is 5.75 Å². The summed E-state index contributed by atoms with van der Waals surface area (Å²) in [6.07, 6.45) is 0.276. The summed E-state index contributed by atoms with van der Waals surface area (Å²) in [5.74, 6) is -0.0415. The Hall–Kier alpha value is -2.62. The quantitative estimate of drug-likeness (QED) is 0.669. The van der Waals surface area contributed by atoms with Crippen LogP contribution in [0.3, 0.4) is 0 Å². The summed E-state index contributed by atoms with van der Waals surface area (Å²) in [7, 11) is 0. The minimum Gasteiger partial charge on any atom is -0.507 e. The number of hydrazone groups is 1. The van der Waals surface area contributed by atoms with Crippen molar-refractivity contribution in [3.8, 4) is 5.75 Å². The van der Waals surface area contributed by atoms with E-state index in [1.165, 1.54) is 0 Å². The molecule has 108 valence electrons. The van der Waals surface area contributed by atoms with Gasteiger partial charge in [0.15, 0.2) is 0 Å². The summed E-state index contributed by atoms with van der Waals surface area (Å²) in [4.78, 5) is 11.8. The third-order valence-corrected chi connectivity index (χ3v) is 3.13. The molecule has 2 aromatic rings. The second kappa shape index (κ2) is 6.70. The lowest BCUT2D eigenvalue weighted by atomic mass is 10.1. The Morgan fingerprint density at radius 3 is 2.48 bits per heavy atom. The second-order valence-corrected chi connectivity index (χ2v) is 4.91. The lowest BCUT2D eigenvalue weighted by Gasteiger charge is -2.05. The van der Waals surface area contributed by atoms with Crippen molar-refractivity contribution < 1.29 is 9.90 Å². The molecule has 0 aliphatic heterocycles. The summed E-state index contributed by atoms with van der Waals surface area (Å²) in [6, 6.07) is 14.7. The number of aryl methyl sites for hydroxylation is 1. The van der Waals surface area contributed by atoms with Gasteiger partial charge in [0.05, 0.1) is 12.1 Å². The molecule has 1 amide bonds. The van der Waals surface area contributed by atoms with E-state index in [2.05, 4.69) is 10.5 Å². The van der Waals surface area contributed by atoms with Crippen molar-refractivity contribution in [1.29, 1.82) is 0 Å². The van der Waals surface area contributed by atoms with Crippen LogP contribution in [0.2, 0.25) is 0 Å². The number of phenols is 1. The molecule has 0 aliphatic carbocycles. The largest absolute Gasteiger partial charge is 0.507 e. The number of nitrogens with zero attached hydrogens (tertiary/aromatic N) is 1. The van der Waals surface area contributed by atoms with Crippen molar-refractivity contribution in [2.75, 3.05) is 0 Å². The topological polar surface area (TPSA) is 61.7 Å². The van der Waals surface area contributed by atoms with E-state index < -0.39 is 0 Å². The molecule has 2 aromatic carbocycles. The molecular formula is C17H18N2O2. The maximum absolute atomic E-state index is 11.8. The van der Waals surface area contributed by atoms with Gasteiger partial charge in [-0.2, -0.15) is 5.10 Å². The fourth-order valence-corrected chi connectivity index (χ4v) is 1.92. The van der Waals surface area contributed by atoms with Crippen LogP contribution >= 0.6 is 0 Å². The van der Waals surface area contributed by atoms with Crippen LogP contribution in [0.15, 0.2) is 53.6 Å². The number of amides is 1. The van der Waals surface area contributed by atoms with Crippen LogP contribution in [-0.4, -0.2) is 16.7 Å². The molecule has 0 aromatic heterocycles. The molecule has 0 bridgehead atoms. The molecule has 0 heterocycles. The van der Waals surface area contributed by atoms with Gasteiger partial charge in [-0.3, -0.25) is 4.79 Å². The van der Waals surface area contributed by atoms with E-state index in [4.69, 9.17) is 0 Å². The van der Waals surface area contributed by atoms with E-state index in [-0.39, 0.29) is 18.1 Å². The number of hydrogen-bond donors (Lipinski definition) is 2. The first-order valence-electron chi connectivity index (χ1n) is 6.73. The summed E-state index contributed by atoms with van der Waals surface area (Å²) in [5.41, 5.74) is 5.77. The summed E-state index contributed by atoms with van der Waals surface area (Å²) < 4.78 is 0. The Morgan fingerprint density at radius 2 is 1.81 bits per heavy atom. The van der Waals surface area contributed by atoms with E-state index in [1.807, 2.05) is 37.3 Å². The standard InChI is InChI=1S/C17H18N2O2/c1-12-7-9-14(10-8-12)11-17(21)19-18-13(2)15-5-3-4-6-16(15)20/h3-10,20H,11H2,1-2H3,(H,19,21)/b18-13+. The normalized spacial score (nSPS) is 11.2. The van der Waals surface area contributed by atoms with Gasteiger partial charge in [-0.1, -0.05) is 42.0 Å². The number of rotatable bonds is 4. The van der Waals surface area contributed by atoms with Crippen molar-refractivity contribution in [2.45, 2.75) is 20.3 Å². The van der Waals surface area contributed by atoms with Gasteiger partial charge in [0, 0.05) is 5.56 Å². The Balaban J connectivity index is 1.98. The van der Waals surface area contributed by atoms with E-state index in [1.54, 1.807) is 25.1 Å². The van der Waals surface area contributed by atoms with E-state index in [9.17, 15) is 9.90 Å². The van der Waals surface area contributed by atoms with Crippen LogP contribution < -0.4 is 5.43 Å². The first-order valence-corrected chi connectivity index (χ1v) is 6.73. The smallest absolute Gasteiger partial charge is 0.244 e. The third-order valence-electron chi connectivity index (χ3n) is 3.13. The zero-order chi connectivity index (χ0) is 15.2. The number of para-hydroxylation sites is 1. The molecule has 0 saturated heterocycles. The SMILES string of the molecule is C/C(=N\NC(=O)Cc1ccc(C)cc1)c1ccccc1O. The molecule has 0 unspecified atom stereocenters. The van der Waals surface area contributed by atoms with Crippen LogP contribution in [0.1, 0.15) is 23.6 Å². The molecule has 0 aliphatic rings. The van der Waals surface area contributed by atoms with E-state index >= 15 is 0 Å². The summed E-state index contributed by atoms with van der Waals surface area (Å²) in [6.45, 7) is 3.74. The van der Waals surface area contributed by atoms with Crippen LogP contribution in [-0.2, 0) is 11.2 Å². The summed E-state index contributed by atoms with van der Waals surface area (Å²) in [5, 5.41) is 13.7. The highest BCUT2D eigenvalue weighted by Gasteiger charge is 2.05. The summed E-state index contributed by atoms with van der Waals surface area (Å²) >= 11 is 0. The maximum atomic E-state index is 11.8. The number of phenolic OH excluding ortho intramolecular Hbond substituents is 1. The van der Waals surface area contributed by atoms with Crippen LogP contribution in [0.25, 0.3) is 0 Å². The average Bonchev–Trinajstić information content (AvgIpc) is 2.48. The second-order valence-electron chi connectivity index (χ2n) is 4.91. The van der Waals surface area contributed by atoms with Gasteiger partial charge in [0.25, 0.3) is 0 Å². The highest BCUT2D eigenvalue weighted by atomic mass is 16.3. The monoisotopic (exact) mass is 282 g/mol. The zero-order valence-electron chi connectivity index (χ0n) is 12.1. The first-order chi connectivity index (χ1) is 10.1. The maximum Gasteiger partial charge on any atom is 0.244 e. The Bertz CT molecular complexity index is 661. The third kappa shape index (κ3) is 4.18. The molecule has 2 rings (SSSR count). The zero-order valence-corrected chi connectivity index (χ0v) is 12.1. The van der Waals surface area contributed by atoms with E-state index in [0.29, 0.717) is 11.3 Å². The number of aromatic hydroxyl groups is 1. The number of carbonyl (C=O) groups is 1. The van der Waals surface area contributed by atoms with Crippen molar-refractivity contribution in [3.05, 3.63) is 65.2 Å². The number of benzene rings is 2. The van der Waals surface area contributed by atoms with Crippen molar-refractivity contribution in [1.82, 2.24) is 5.43 Å². The van der Waals surface area contributed by atoms with Gasteiger partial charge >= 0.3 is 0 Å². The van der Waals surface area contributed by atoms with Crippen molar-refractivity contribution in [2.24, 2.45) is 5.10 Å². The molecular weight excluding hydrogens is 264 g/mol. The van der Waals surface area contributed by atoms with Crippen LogP contribution in [0.5, 0.6) is 5.75 Å². The molecule has 2 N–H and O–H groups in total. The molecule has 0 saturated carbocycles. The fourth-order valence-electron chi connectivity index (χ4n) is 1.92. The van der Waals surface area contributed by atoms with E-state index in [0.717, 1.165) is 11.1 Å². The number of hydrogen-bond acceptors (Lipinski definition) is 3. The van der Waals surface area contributed by atoms with Gasteiger partial charge < -0.3 is 5.11 Å². The van der Waals surface area contributed by atoms with Gasteiger partial charge in [-0.05, 0) is 31.5 Å². The highest BCUT2D eigenvalue weighted by Crippen LogP contribution is 2.16. The van der Waals surface area contributed by atoms with Gasteiger partial charge in [0.2, 0.25) is 5.91 Å². The lowest BCUT2D eigenvalue weighted by molar-refractivity contribution is -0.120. The van der Waals surface area contributed by atoms with Gasteiger partial charge in [-0.15, -0.1) is 0 Å². The fraction of sp³-hybridized carbons (Fsp3) is 0.176. The predicted octanol–water partition coefficient (Wildman–Crippen LogP) is 2.78. The first kappa shape index (κ1) is 14.8. The Kier molecular flexibility index (Phi) is 4.72. The average molecular weight is 282 g/mol. The molecule has 4 heteroatoms. The highest BCUT2D eigenvalue weighted by molar-refractivity contribution is 6.01. The molecule has 0 spiro atoms. The molecule has 0 fully saturated rings. The molecule has 0 radical (unpaired) electrons. The minimum atomic E-state index is -0.186. The molecule has 0 atom stereocenters. The number of nitrogens with one attached hydrogen (secondary N) is 1. The molecule has 4 nitrogen and oxygen atoms in total. The van der Waals surface area contributed by atoms with Gasteiger partial charge in [-0.25, -0.2) is 5.43 Å². The van der Waals surface area contributed by atoms with Crippen molar-refractivity contribution >= 4 is 11.6 Å². The Morgan fingerprint density at radius 1 is 1.14 bits per heavy atom. The van der Waals surface area contributed by atoms with Crippen LogP contribution in [0.4, 0.5) is 0 Å². The van der Waals surface area contributed by atoms with Crippen LogP contribution in [0, 0.1) is 6.92 Å². The lowest BCUT2D eigenvalue weighted by Crippen LogP contribution is -2.21. The Labute approximate surface area is 124 Å². The number of carbonyl (C=O) groups excluding carboxylic acids is 1. The minimum absolute atomic E-state index is 0.145. The predicted molar refractivity (Wildman–Crippen MR) is 83.3 cm³/mol.